The first-order valence-corrected chi connectivity index (χ1v) is 7.16. The number of carbonyl (C=O) groups is 1. The average Bonchev–Trinajstić information content (AvgIpc) is 2.90. The van der Waals surface area contributed by atoms with Crippen LogP contribution < -0.4 is 10.6 Å². The second kappa shape index (κ2) is 7.58. The van der Waals surface area contributed by atoms with E-state index in [9.17, 15) is 4.79 Å². The molecule has 1 aliphatic heterocycles. The van der Waals surface area contributed by atoms with Crippen molar-refractivity contribution in [3.8, 4) is 0 Å². The number of nitrogens with one attached hydrogen (secondary N) is 2. The van der Waals surface area contributed by atoms with Gasteiger partial charge in [0.25, 0.3) is 0 Å². The Bertz CT molecular complexity index is 638. The van der Waals surface area contributed by atoms with Gasteiger partial charge in [-0.2, -0.15) is 0 Å². The maximum atomic E-state index is 12.2. The van der Waals surface area contributed by atoms with E-state index >= 15 is 0 Å². The van der Waals surface area contributed by atoms with Crippen molar-refractivity contribution in [3.05, 3.63) is 24.1 Å². The van der Waals surface area contributed by atoms with Crippen LogP contribution in [0.25, 0.3) is 11.1 Å². The maximum Gasteiger partial charge on any atom is 0.228 e. The van der Waals surface area contributed by atoms with Gasteiger partial charge in [0.2, 0.25) is 11.8 Å². The van der Waals surface area contributed by atoms with Gasteiger partial charge in [-0.05, 0) is 37.6 Å². The van der Waals surface area contributed by atoms with E-state index in [2.05, 4.69) is 15.6 Å². The molecule has 7 heteroatoms. The number of anilines is 1. The van der Waals surface area contributed by atoms with Crippen LogP contribution in [0.4, 0.5) is 5.69 Å². The van der Waals surface area contributed by atoms with Crippen molar-refractivity contribution in [2.45, 2.75) is 19.4 Å². The minimum atomic E-state index is 0. The molecule has 3 rings (SSSR count). The number of rotatable bonds is 4. The third kappa shape index (κ3) is 3.76. The molecule has 1 amide bonds. The number of oxazole rings is 1. The molecule has 1 aromatic carbocycles. The molecular weight excluding hydrogens is 306 g/mol. The highest BCUT2D eigenvalue weighted by atomic mass is 35.5. The molecule has 1 unspecified atom stereocenters. The zero-order chi connectivity index (χ0) is 14.7. The fraction of sp³-hybridized carbons (Fsp3) is 0.467. The molecule has 2 aromatic rings. The van der Waals surface area contributed by atoms with Crippen molar-refractivity contribution in [3.63, 3.8) is 0 Å². The van der Waals surface area contributed by atoms with Crippen LogP contribution in [-0.2, 0) is 16.1 Å². The summed E-state index contributed by atoms with van der Waals surface area (Å²) in [5.41, 5.74) is 2.16. The number of nitrogens with zero attached hydrogens (tertiary/aromatic N) is 1. The number of halogens is 1. The molecule has 1 aromatic heterocycles. The molecular formula is C15H20ClN3O3. The lowest BCUT2D eigenvalue weighted by Crippen LogP contribution is -2.37. The van der Waals surface area contributed by atoms with Crippen LogP contribution in [0, 0.1) is 5.92 Å². The van der Waals surface area contributed by atoms with Gasteiger partial charge >= 0.3 is 0 Å². The highest BCUT2D eigenvalue weighted by Gasteiger charge is 2.21. The summed E-state index contributed by atoms with van der Waals surface area (Å²) in [5, 5.41) is 6.20. The van der Waals surface area contributed by atoms with E-state index in [1.165, 1.54) is 0 Å². The standard InChI is InChI=1S/C15H19N3O3.ClH/c1-20-9-14-18-12-7-11(4-5-13(12)21-14)17-15(19)10-3-2-6-16-8-10;/h4-5,7,10,16H,2-3,6,8-9H2,1H3,(H,17,19);1H. The molecule has 0 radical (unpaired) electrons. The van der Waals surface area contributed by atoms with E-state index in [1.54, 1.807) is 7.11 Å². The third-order valence-electron chi connectivity index (χ3n) is 3.63. The van der Waals surface area contributed by atoms with Crippen LogP contribution in [0.3, 0.4) is 0 Å². The van der Waals surface area contributed by atoms with Gasteiger partial charge in [-0.25, -0.2) is 4.98 Å². The van der Waals surface area contributed by atoms with Crippen molar-refractivity contribution >= 4 is 35.1 Å². The lowest BCUT2D eigenvalue weighted by molar-refractivity contribution is -0.120. The van der Waals surface area contributed by atoms with Gasteiger partial charge in [0, 0.05) is 19.3 Å². The Morgan fingerprint density at radius 3 is 3.14 bits per heavy atom. The van der Waals surface area contributed by atoms with Gasteiger partial charge in [0.05, 0.1) is 5.92 Å². The smallest absolute Gasteiger partial charge is 0.228 e. The summed E-state index contributed by atoms with van der Waals surface area (Å²) < 4.78 is 10.5. The van der Waals surface area contributed by atoms with E-state index in [1.807, 2.05) is 18.2 Å². The fourth-order valence-corrected chi connectivity index (χ4v) is 2.56. The Kier molecular flexibility index (Phi) is 5.76. The van der Waals surface area contributed by atoms with Crippen LogP contribution in [0.15, 0.2) is 22.6 Å². The SMILES string of the molecule is COCc1nc2cc(NC(=O)C3CCCNC3)ccc2o1.Cl. The molecule has 0 bridgehead atoms. The van der Waals surface area contributed by atoms with Crippen molar-refractivity contribution < 1.29 is 13.9 Å². The van der Waals surface area contributed by atoms with E-state index in [-0.39, 0.29) is 24.2 Å². The van der Waals surface area contributed by atoms with Gasteiger partial charge in [-0.15, -0.1) is 12.4 Å². The third-order valence-corrected chi connectivity index (χ3v) is 3.63. The molecule has 1 saturated heterocycles. The number of hydrogen-bond acceptors (Lipinski definition) is 5. The van der Waals surface area contributed by atoms with Crippen LogP contribution >= 0.6 is 12.4 Å². The minimum absolute atomic E-state index is 0. The molecule has 1 fully saturated rings. The van der Waals surface area contributed by atoms with Gasteiger partial charge in [0.1, 0.15) is 12.1 Å². The lowest BCUT2D eigenvalue weighted by Gasteiger charge is -2.21. The Morgan fingerprint density at radius 1 is 1.55 bits per heavy atom. The van der Waals surface area contributed by atoms with Crippen LogP contribution in [0.5, 0.6) is 0 Å². The van der Waals surface area contributed by atoms with Gasteiger partial charge in [-0.1, -0.05) is 0 Å². The summed E-state index contributed by atoms with van der Waals surface area (Å²) in [6.07, 6.45) is 1.98. The highest BCUT2D eigenvalue weighted by Crippen LogP contribution is 2.21. The predicted molar refractivity (Wildman–Crippen MR) is 86.2 cm³/mol. The number of ether oxygens (including phenoxy) is 1. The molecule has 1 atom stereocenters. The molecule has 0 aliphatic carbocycles. The van der Waals surface area contributed by atoms with Gasteiger partial charge in [-0.3, -0.25) is 4.79 Å². The largest absolute Gasteiger partial charge is 0.438 e. The normalized spacial score (nSPS) is 18.0. The second-order valence-corrected chi connectivity index (χ2v) is 5.26. The number of benzene rings is 1. The first kappa shape index (κ1) is 16.7. The Hall–Kier alpha value is -1.63. The highest BCUT2D eigenvalue weighted by molar-refractivity contribution is 5.94. The summed E-state index contributed by atoms with van der Waals surface area (Å²) in [7, 11) is 1.60. The summed E-state index contributed by atoms with van der Waals surface area (Å²) in [4.78, 5) is 16.5. The molecule has 0 saturated carbocycles. The molecule has 0 spiro atoms. The van der Waals surface area contributed by atoms with Crippen LogP contribution in [0.1, 0.15) is 18.7 Å². The maximum absolute atomic E-state index is 12.2. The van der Waals surface area contributed by atoms with E-state index in [4.69, 9.17) is 9.15 Å². The number of fused-ring (bicyclic) bond motifs is 1. The lowest BCUT2D eigenvalue weighted by atomic mass is 9.99. The Morgan fingerprint density at radius 2 is 2.41 bits per heavy atom. The quantitative estimate of drug-likeness (QED) is 0.902. The Labute approximate surface area is 135 Å². The van der Waals surface area contributed by atoms with Crippen molar-refractivity contribution in [2.75, 3.05) is 25.5 Å². The monoisotopic (exact) mass is 325 g/mol. The van der Waals surface area contributed by atoms with E-state index in [0.29, 0.717) is 18.1 Å². The van der Waals surface area contributed by atoms with Crippen molar-refractivity contribution in [1.29, 1.82) is 0 Å². The number of piperidine rings is 1. The summed E-state index contributed by atoms with van der Waals surface area (Å²) in [6, 6.07) is 5.47. The first-order chi connectivity index (χ1) is 10.3. The molecule has 22 heavy (non-hydrogen) atoms. The minimum Gasteiger partial charge on any atom is -0.438 e. The average molecular weight is 326 g/mol. The number of carbonyl (C=O) groups excluding carboxylic acids is 1. The summed E-state index contributed by atoms with van der Waals surface area (Å²) in [6.45, 7) is 2.08. The molecule has 120 valence electrons. The first-order valence-electron chi connectivity index (χ1n) is 7.16. The molecule has 2 N–H and O–H groups in total. The fourth-order valence-electron chi connectivity index (χ4n) is 2.56. The number of amides is 1. The van der Waals surface area contributed by atoms with E-state index in [0.717, 1.165) is 37.1 Å². The number of aromatic nitrogens is 1. The van der Waals surface area contributed by atoms with E-state index < -0.39 is 0 Å². The summed E-state index contributed by atoms with van der Waals surface area (Å²) >= 11 is 0. The number of methoxy groups -OCH3 is 1. The number of hydrogen-bond donors (Lipinski definition) is 2. The topological polar surface area (TPSA) is 76.4 Å². The van der Waals surface area contributed by atoms with Crippen LogP contribution in [-0.4, -0.2) is 31.1 Å². The molecule has 6 nitrogen and oxygen atoms in total. The molecule has 2 heterocycles. The zero-order valence-electron chi connectivity index (χ0n) is 12.4. The van der Waals surface area contributed by atoms with Crippen molar-refractivity contribution in [1.82, 2.24) is 10.3 Å². The zero-order valence-corrected chi connectivity index (χ0v) is 13.2. The summed E-state index contributed by atoms with van der Waals surface area (Å²) in [5.74, 6) is 0.630. The second-order valence-electron chi connectivity index (χ2n) is 5.26. The van der Waals surface area contributed by atoms with Crippen LogP contribution in [0.2, 0.25) is 0 Å². The van der Waals surface area contributed by atoms with Gasteiger partial charge in [0.15, 0.2) is 5.58 Å². The van der Waals surface area contributed by atoms with Crippen molar-refractivity contribution in [2.24, 2.45) is 5.92 Å². The van der Waals surface area contributed by atoms with Gasteiger partial charge < -0.3 is 19.8 Å². The molecule has 1 aliphatic rings. The predicted octanol–water partition coefficient (Wildman–Crippen LogP) is 2.33. The Balaban J connectivity index is 0.00000176.